The summed E-state index contributed by atoms with van der Waals surface area (Å²) >= 11 is 0. The molecule has 1 aromatic heterocycles. The Labute approximate surface area is 234 Å². The lowest BCUT2D eigenvalue weighted by molar-refractivity contribution is -0.384. The van der Waals surface area contributed by atoms with Crippen LogP contribution in [0.3, 0.4) is 0 Å². The van der Waals surface area contributed by atoms with Gasteiger partial charge in [-0.1, -0.05) is 44.2 Å². The number of imidazole rings is 1. The van der Waals surface area contributed by atoms with Crippen LogP contribution in [0.1, 0.15) is 49.0 Å². The van der Waals surface area contributed by atoms with Crippen molar-refractivity contribution in [1.82, 2.24) is 19.4 Å². The van der Waals surface area contributed by atoms with Gasteiger partial charge in [-0.05, 0) is 43.2 Å². The minimum Gasteiger partial charge on any atom is -0.349 e. The smallest absolute Gasteiger partial charge is 0.270 e. The molecule has 1 saturated heterocycles. The highest BCUT2D eigenvalue weighted by Gasteiger charge is 2.50. The number of nitro groups is 1. The van der Waals surface area contributed by atoms with Crippen molar-refractivity contribution in [3.05, 3.63) is 88.5 Å². The summed E-state index contributed by atoms with van der Waals surface area (Å²) in [5.74, 6) is -0.476. The van der Waals surface area contributed by atoms with E-state index in [1.165, 1.54) is 17.7 Å². The fourth-order valence-electron chi connectivity index (χ4n) is 5.93. The van der Waals surface area contributed by atoms with E-state index < -0.39 is 11.0 Å². The van der Waals surface area contributed by atoms with Crippen molar-refractivity contribution in [3.8, 4) is 0 Å². The highest BCUT2D eigenvalue weighted by atomic mass is 16.6. The molecule has 2 amide bonds. The maximum atomic E-state index is 13.9. The number of nitrogens with zero attached hydrogens (tertiary/aromatic N) is 6. The Hall–Kier alpha value is -4.21. The van der Waals surface area contributed by atoms with Crippen LogP contribution >= 0.6 is 0 Å². The quantitative estimate of drug-likeness (QED) is 0.202. The molecule has 2 atom stereocenters. The lowest BCUT2D eigenvalue weighted by Crippen LogP contribution is -2.71. The van der Waals surface area contributed by atoms with Crippen LogP contribution in [-0.4, -0.2) is 67.9 Å². The number of aromatic nitrogens is 2. The molecular weight excluding hydrogens is 508 g/mol. The fraction of sp³-hybridized carbons (Fsp3) is 0.433. The molecule has 0 spiro atoms. The molecule has 0 N–H and O–H groups in total. The van der Waals surface area contributed by atoms with Crippen molar-refractivity contribution in [2.45, 2.75) is 58.3 Å². The van der Waals surface area contributed by atoms with Crippen LogP contribution in [0.2, 0.25) is 0 Å². The van der Waals surface area contributed by atoms with Crippen LogP contribution in [0.4, 0.5) is 11.4 Å². The summed E-state index contributed by atoms with van der Waals surface area (Å²) < 4.78 is 2.00. The standard InChI is InChI=1S/C30H36N6O4/c1-22(2)28-30(38)33(16-7-6-11-23-9-4-3-5-10-23)20-27-34(17-8-15-32-18-14-31-21-32)26-13-12-24(36(39)40)19-25(26)29(37)35(27)28/h3-5,9-10,12-14,18-19,21-22,27-28H,6-8,11,15-17,20H2,1-2H3. The third-order valence-electron chi connectivity index (χ3n) is 7.89. The Kier molecular flexibility index (Phi) is 8.14. The summed E-state index contributed by atoms with van der Waals surface area (Å²) in [6.45, 7) is 6.31. The molecule has 3 heterocycles. The molecule has 10 nitrogen and oxygen atoms in total. The number of fused-ring (bicyclic) bond motifs is 2. The van der Waals surface area contributed by atoms with Crippen molar-refractivity contribution >= 4 is 23.2 Å². The maximum absolute atomic E-state index is 13.9. The minimum absolute atomic E-state index is 0.0495. The predicted octanol–water partition coefficient (Wildman–Crippen LogP) is 4.36. The molecule has 3 aromatic rings. The Bertz CT molecular complexity index is 1340. The van der Waals surface area contributed by atoms with E-state index in [1.807, 2.05) is 47.7 Å². The number of anilines is 1. The van der Waals surface area contributed by atoms with Crippen LogP contribution in [-0.2, 0) is 17.8 Å². The van der Waals surface area contributed by atoms with Crippen molar-refractivity contribution in [2.24, 2.45) is 5.92 Å². The Morgan fingerprint density at radius 2 is 1.82 bits per heavy atom. The van der Waals surface area contributed by atoms with E-state index >= 15 is 0 Å². The highest BCUT2D eigenvalue weighted by Crippen LogP contribution is 2.38. The van der Waals surface area contributed by atoms with Crippen LogP contribution in [0.5, 0.6) is 0 Å². The number of carbonyl (C=O) groups is 2. The number of hydrogen-bond donors (Lipinski definition) is 0. The molecule has 0 aliphatic carbocycles. The molecule has 210 valence electrons. The highest BCUT2D eigenvalue weighted by molar-refractivity contribution is 6.05. The van der Waals surface area contributed by atoms with Gasteiger partial charge in [-0.15, -0.1) is 0 Å². The number of amides is 2. The minimum atomic E-state index is -0.635. The molecule has 10 heteroatoms. The topological polar surface area (TPSA) is 105 Å². The summed E-state index contributed by atoms with van der Waals surface area (Å²) in [4.78, 5) is 48.6. The van der Waals surface area contributed by atoms with Gasteiger partial charge in [0, 0.05) is 44.2 Å². The Morgan fingerprint density at radius 3 is 2.52 bits per heavy atom. The first kappa shape index (κ1) is 27.4. The first-order chi connectivity index (χ1) is 19.3. The number of carbonyl (C=O) groups excluding carboxylic acids is 2. The second-order valence-corrected chi connectivity index (χ2v) is 10.9. The number of hydrogen-bond acceptors (Lipinski definition) is 6. The lowest BCUT2D eigenvalue weighted by atomic mass is 9.92. The summed E-state index contributed by atoms with van der Waals surface area (Å²) in [7, 11) is 0. The van der Waals surface area contributed by atoms with Gasteiger partial charge in [-0.3, -0.25) is 19.7 Å². The van der Waals surface area contributed by atoms with Gasteiger partial charge in [0.2, 0.25) is 5.91 Å². The normalized spacial score (nSPS) is 18.7. The first-order valence-electron chi connectivity index (χ1n) is 14.0. The number of rotatable bonds is 11. The van der Waals surface area contributed by atoms with E-state index in [-0.39, 0.29) is 35.1 Å². The van der Waals surface area contributed by atoms with E-state index in [9.17, 15) is 19.7 Å². The number of non-ortho nitro benzene ring substituents is 1. The molecule has 2 aliphatic rings. The average molecular weight is 545 g/mol. The predicted molar refractivity (Wildman–Crippen MR) is 152 cm³/mol. The summed E-state index contributed by atoms with van der Waals surface area (Å²) in [6, 6.07) is 14.2. The lowest BCUT2D eigenvalue weighted by Gasteiger charge is -2.54. The van der Waals surface area contributed by atoms with Gasteiger partial charge in [-0.25, -0.2) is 4.98 Å². The third-order valence-corrected chi connectivity index (χ3v) is 7.89. The second kappa shape index (κ2) is 11.9. The van der Waals surface area contributed by atoms with Gasteiger partial charge in [0.15, 0.2) is 0 Å². The summed E-state index contributed by atoms with van der Waals surface area (Å²) in [5, 5.41) is 11.5. The zero-order valence-electron chi connectivity index (χ0n) is 23.1. The second-order valence-electron chi connectivity index (χ2n) is 10.9. The number of benzene rings is 2. The number of unbranched alkanes of at least 4 members (excludes halogenated alkanes) is 1. The van der Waals surface area contributed by atoms with E-state index in [0.29, 0.717) is 25.3 Å². The SMILES string of the molecule is CC(C)C1C(=O)N(CCCCc2ccccc2)CC2N(CCCn3ccnc3)c3ccc([N+](=O)[O-])cc3C(=O)N12. The molecule has 0 bridgehead atoms. The number of aryl methyl sites for hydroxylation is 2. The first-order valence-corrected chi connectivity index (χ1v) is 14.0. The molecule has 0 saturated carbocycles. The monoisotopic (exact) mass is 544 g/mol. The molecule has 5 rings (SSSR count). The molecule has 2 unspecified atom stereocenters. The molecule has 2 aliphatic heterocycles. The van der Waals surface area contributed by atoms with E-state index in [0.717, 1.165) is 32.2 Å². The van der Waals surface area contributed by atoms with Crippen LogP contribution < -0.4 is 4.90 Å². The summed E-state index contributed by atoms with van der Waals surface area (Å²) in [6.07, 6.45) is 8.65. The van der Waals surface area contributed by atoms with Gasteiger partial charge >= 0.3 is 0 Å². The molecular formula is C30H36N6O4. The zero-order chi connectivity index (χ0) is 28.2. The van der Waals surface area contributed by atoms with Crippen molar-refractivity contribution in [2.75, 3.05) is 24.5 Å². The third kappa shape index (κ3) is 5.57. The van der Waals surface area contributed by atoms with Crippen LogP contribution in [0, 0.1) is 16.0 Å². The van der Waals surface area contributed by atoms with Crippen LogP contribution in [0.15, 0.2) is 67.3 Å². The number of piperazine rings is 1. The van der Waals surface area contributed by atoms with E-state index in [4.69, 9.17) is 0 Å². The van der Waals surface area contributed by atoms with Crippen molar-refractivity contribution < 1.29 is 14.5 Å². The van der Waals surface area contributed by atoms with Gasteiger partial charge in [0.05, 0.1) is 29.0 Å². The molecule has 40 heavy (non-hydrogen) atoms. The Balaban J connectivity index is 1.41. The molecule has 1 fully saturated rings. The average Bonchev–Trinajstić information content (AvgIpc) is 3.47. The molecule has 2 aromatic carbocycles. The van der Waals surface area contributed by atoms with Gasteiger partial charge in [0.1, 0.15) is 12.2 Å². The maximum Gasteiger partial charge on any atom is 0.270 e. The van der Waals surface area contributed by atoms with E-state index in [1.54, 1.807) is 23.5 Å². The Morgan fingerprint density at radius 1 is 1.02 bits per heavy atom. The van der Waals surface area contributed by atoms with Gasteiger partial charge in [-0.2, -0.15) is 0 Å². The van der Waals surface area contributed by atoms with Gasteiger partial charge in [0.25, 0.3) is 11.6 Å². The van der Waals surface area contributed by atoms with Crippen LogP contribution in [0.25, 0.3) is 0 Å². The summed E-state index contributed by atoms with van der Waals surface area (Å²) in [5.41, 5.74) is 2.12. The molecule has 0 radical (unpaired) electrons. The number of nitro benzene ring substituents is 1. The van der Waals surface area contributed by atoms with Gasteiger partial charge < -0.3 is 19.3 Å². The largest absolute Gasteiger partial charge is 0.349 e. The van der Waals surface area contributed by atoms with E-state index in [2.05, 4.69) is 22.0 Å². The zero-order valence-corrected chi connectivity index (χ0v) is 23.1. The van der Waals surface area contributed by atoms with Crippen molar-refractivity contribution in [1.29, 1.82) is 0 Å². The fourth-order valence-corrected chi connectivity index (χ4v) is 5.93. The van der Waals surface area contributed by atoms with Crippen molar-refractivity contribution in [3.63, 3.8) is 0 Å².